The number of halogens is 1. The second-order valence-electron chi connectivity index (χ2n) is 5.38. The third-order valence-electron chi connectivity index (χ3n) is 3.77. The Labute approximate surface area is 150 Å². The Morgan fingerprint density at radius 1 is 1.20 bits per heavy atom. The minimum atomic E-state index is -1.17. The van der Waals surface area contributed by atoms with Crippen LogP contribution in [0.3, 0.4) is 0 Å². The Kier molecular flexibility index (Phi) is 3.89. The highest BCUT2D eigenvalue weighted by atomic mass is 79.9. The summed E-state index contributed by atoms with van der Waals surface area (Å²) < 4.78 is 14.0. The molecule has 25 heavy (non-hydrogen) atoms. The maximum Gasteiger partial charge on any atom is 0.358 e. The lowest BCUT2D eigenvalue weighted by atomic mass is 10.1. The Balaban J connectivity index is 1.81. The molecule has 1 aromatic heterocycles. The van der Waals surface area contributed by atoms with Crippen LogP contribution in [0.2, 0.25) is 0 Å². The average molecular weight is 402 g/mol. The molecule has 4 rings (SSSR count). The summed E-state index contributed by atoms with van der Waals surface area (Å²) in [5.74, 6) is 0.00731. The Morgan fingerprint density at radius 3 is 2.76 bits per heavy atom. The van der Waals surface area contributed by atoms with Gasteiger partial charge in [-0.15, -0.1) is 5.10 Å². The van der Waals surface area contributed by atoms with Crippen molar-refractivity contribution in [2.24, 2.45) is 0 Å². The van der Waals surface area contributed by atoms with Gasteiger partial charge in [-0.1, -0.05) is 39.3 Å². The molecule has 0 spiro atoms. The molecule has 0 saturated heterocycles. The fraction of sp³-hybridized carbons (Fsp3) is 0.118. The van der Waals surface area contributed by atoms with Gasteiger partial charge in [-0.05, 0) is 30.3 Å². The fourth-order valence-corrected chi connectivity index (χ4v) is 3.07. The highest BCUT2D eigenvalue weighted by Gasteiger charge is 2.32. The summed E-state index contributed by atoms with van der Waals surface area (Å²) in [5.41, 5.74) is 0.847. The number of benzene rings is 2. The van der Waals surface area contributed by atoms with Crippen molar-refractivity contribution in [3.8, 4) is 17.2 Å². The second-order valence-corrected chi connectivity index (χ2v) is 6.30. The van der Waals surface area contributed by atoms with E-state index < -0.39 is 12.1 Å². The molecule has 2 aromatic carbocycles. The monoisotopic (exact) mass is 401 g/mol. The molecule has 0 bridgehead atoms. The summed E-state index contributed by atoms with van der Waals surface area (Å²) in [6.45, 7) is 0.165. The van der Waals surface area contributed by atoms with Crippen LogP contribution in [0, 0.1) is 0 Å². The first-order valence-electron chi connectivity index (χ1n) is 7.47. The molecule has 0 aliphatic carbocycles. The van der Waals surface area contributed by atoms with E-state index in [1.807, 2.05) is 36.4 Å². The molecular formula is C17H12BrN3O4. The minimum Gasteiger partial charge on any atom is -0.485 e. The van der Waals surface area contributed by atoms with Gasteiger partial charge < -0.3 is 14.6 Å². The molecule has 1 unspecified atom stereocenters. The predicted molar refractivity (Wildman–Crippen MR) is 91.3 cm³/mol. The summed E-state index contributed by atoms with van der Waals surface area (Å²) in [4.78, 5) is 11.6. The number of aromatic nitrogens is 3. The molecule has 7 nitrogen and oxygen atoms in total. The van der Waals surface area contributed by atoms with Gasteiger partial charge in [-0.3, -0.25) is 0 Å². The summed E-state index contributed by atoms with van der Waals surface area (Å²) in [6.07, 6.45) is -0.644. The lowest BCUT2D eigenvalue weighted by molar-refractivity contribution is 0.0661. The number of aromatic carboxylic acids is 1. The highest BCUT2D eigenvalue weighted by Crippen LogP contribution is 2.37. The van der Waals surface area contributed by atoms with Crippen LogP contribution >= 0.6 is 15.9 Å². The molecular weight excluding hydrogens is 390 g/mol. The molecule has 8 heteroatoms. The van der Waals surface area contributed by atoms with Gasteiger partial charge >= 0.3 is 5.97 Å². The van der Waals surface area contributed by atoms with Crippen LogP contribution in [0.15, 0.2) is 53.0 Å². The van der Waals surface area contributed by atoms with Gasteiger partial charge in [0.25, 0.3) is 0 Å². The van der Waals surface area contributed by atoms with Crippen LogP contribution < -0.4 is 9.47 Å². The van der Waals surface area contributed by atoms with Gasteiger partial charge in [0.1, 0.15) is 12.3 Å². The number of nitrogens with zero attached hydrogens (tertiary/aromatic N) is 3. The number of carboxylic acid groups (broad SMARTS) is 1. The first-order chi connectivity index (χ1) is 12.1. The largest absolute Gasteiger partial charge is 0.485 e. The van der Waals surface area contributed by atoms with E-state index in [0.717, 1.165) is 4.47 Å². The molecule has 1 aliphatic rings. The van der Waals surface area contributed by atoms with Gasteiger partial charge in [0.05, 0.1) is 5.69 Å². The second kappa shape index (κ2) is 6.21. The van der Waals surface area contributed by atoms with E-state index in [0.29, 0.717) is 22.9 Å². The SMILES string of the molecule is O=C(O)c1nnn(-c2cccc(Br)c2)c1C1COc2ccccc2O1. The van der Waals surface area contributed by atoms with Crippen molar-refractivity contribution < 1.29 is 19.4 Å². The first-order valence-corrected chi connectivity index (χ1v) is 8.26. The van der Waals surface area contributed by atoms with Crippen LogP contribution in [0.1, 0.15) is 22.3 Å². The van der Waals surface area contributed by atoms with E-state index in [9.17, 15) is 9.90 Å². The third-order valence-corrected chi connectivity index (χ3v) is 4.27. The number of rotatable bonds is 3. The third kappa shape index (κ3) is 2.85. The fourth-order valence-electron chi connectivity index (χ4n) is 2.68. The van der Waals surface area contributed by atoms with Crippen LogP contribution in [0.5, 0.6) is 11.5 Å². The van der Waals surface area contributed by atoms with Crippen molar-refractivity contribution in [2.45, 2.75) is 6.10 Å². The zero-order valence-electron chi connectivity index (χ0n) is 12.8. The Morgan fingerprint density at radius 2 is 2.00 bits per heavy atom. The van der Waals surface area contributed by atoms with Gasteiger partial charge in [0.15, 0.2) is 23.3 Å². The predicted octanol–water partition coefficient (Wildman–Crippen LogP) is 3.24. The topological polar surface area (TPSA) is 86.5 Å². The van der Waals surface area contributed by atoms with Crippen LogP contribution in [-0.2, 0) is 0 Å². The lowest BCUT2D eigenvalue weighted by Gasteiger charge is -2.26. The van der Waals surface area contributed by atoms with E-state index >= 15 is 0 Å². The number of carboxylic acids is 1. The number of para-hydroxylation sites is 2. The van der Waals surface area contributed by atoms with E-state index in [4.69, 9.17) is 9.47 Å². The van der Waals surface area contributed by atoms with E-state index in [-0.39, 0.29) is 12.3 Å². The summed E-state index contributed by atoms with van der Waals surface area (Å²) in [7, 11) is 0. The first kappa shape index (κ1) is 15.6. The molecule has 3 aromatic rings. The quantitative estimate of drug-likeness (QED) is 0.724. The van der Waals surface area contributed by atoms with Crippen LogP contribution in [0.4, 0.5) is 0 Å². The summed E-state index contributed by atoms with van der Waals surface area (Å²) in [6, 6.07) is 14.6. The molecule has 126 valence electrons. The molecule has 0 radical (unpaired) electrons. The molecule has 1 atom stereocenters. The zero-order valence-corrected chi connectivity index (χ0v) is 14.4. The average Bonchev–Trinajstić information content (AvgIpc) is 3.06. The number of hydrogen-bond donors (Lipinski definition) is 1. The number of fused-ring (bicyclic) bond motifs is 1. The summed E-state index contributed by atoms with van der Waals surface area (Å²) >= 11 is 3.40. The van der Waals surface area contributed by atoms with Gasteiger partial charge in [-0.2, -0.15) is 0 Å². The van der Waals surface area contributed by atoms with Crippen LogP contribution in [-0.4, -0.2) is 32.7 Å². The highest BCUT2D eigenvalue weighted by molar-refractivity contribution is 9.10. The van der Waals surface area contributed by atoms with Crippen molar-refractivity contribution in [1.29, 1.82) is 0 Å². The van der Waals surface area contributed by atoms with Gasteiger partial charge in [-0.25, -0.2) is 9.48 Å². The minimum absolute atomic E-state index is 0.159. The van der Waals surface area contributed by atoms with Crippen molar-refractivity contribution in [2.75, 3.05) is 6.61 Å². The van der Waals surface area contributed by atoms with E-state index in [2.05, 4.69) is 26.2 Å². The Hall–Kier alpha value is -2.87. The number of ether oxygens (including phenoxy) is 2. The van der Waals surface area contributed by atoms with Crippen molar-refractivity contribution in [1.82, 2.24) is 15.0 Å². The van der Waals surface area contributed by atoms with Crippen molar-refractivity contribution in [3.05, 3.63) is 64.4 Å². The molecule has 0 amide bonds. The smallest absolute Gasteiger partial charge is 0.358 e. The van der Waals surface area contributed by atoms with Gasteiger partial charge in [0, 0.05) is 4.47 Å². The normalized spacial score (nSPS) is 15.8. The van der Waals surface area contributed by atoms with Crippen molar-refractivity contribution in [3.63, 3.8) is 0 Å². The maximum absolute atomic E-state index is 11.6. The standard InChI is InChI=1S/C17H12BrN3O4/c18-10-4-3-5-11(8-10)21-16(15(17(22)23)19-20-21)14-9-24-12-6-1-2-7-13(12)25-14/h1-8,14H,9H2,(H,22,23). The lowest BCUT2D eigenvalue weighted by Crippen LogP contribution is -2.25. The van der Waals surface area contributed by atoms with E-state index in [1.165, 1.54) is 4.68 Å². The Bertz CT molecular complexity index is 957. The molecule has 0 fully saturated rings. The molecule has 2 heterocycles. The molecule has 0 saturated carbocycles. The number of carbonyl (C=O) groups is 1. The summed E-state index contributed by atoms with van der Waals surface area (Å²) in [5, 5.41) is 17.3. The maximum atomic E-state index is 11.6. The number of hydrogen-bond acceptors (Lipinski definition) is 5. The van der Waals surface area contributed by atoms with E-state index in [1.54, 1.807) is 12.1 Å². The van der Waals surface area contributed by atoms with Crippen molar-refractivity contribution >= 4 is 21.9 Å². The van der Waals surface area contributed by atoms with Gasteiger partial charge in [0.2, 0.25) is 0 Å². The molecule has 1 N–H and O–H groups in total. The zero-order chi connectivity index (χ0) is 17.4. The molecule has 1 aliphatic heterocycles. The van der Waals surface area contributed by atoms with Crippen LogP contribution in [0.25, 0.3) is 5.69 Å².